The van der Waals surface area contributed by atoms with E-state index in [9.17, 15) is 19.8 Å². The highest BCUT2D eigenvalue weighted by Crippen LogP contribution is 2.19. The number of rotatable bonds is 75. The number of aliphatic hydroxyl groups is 2. The molecule has 0 fully saturated rings. The molecule has 1 amide bonds. The van der Waals surface area contributed by atoms with Gasteiger partial charge in [0.05, 0.1) is 25.4 Å². The molecule has 0 aliphatic heterocycles. The van der Waals surface area contributed by atoms with Crippen LogP contribution in [0, 0.1) is 0 Å². The van der Waals surface area contributed by atoms with Crippen molar-refractivity contribution in [2.45, 2.75) is 450 Å². The minimum Gasteiger partial charge on any atom is -0.466 e. The van der Waals surface area contributed by atoms with Gasteiger partial charge in [-0.15, -0.1) is 0 Å². The van der Waals surface area contributed by atoms with Gasteiger partial charge in [0, 0.05) is 12.8 Å². The topological polar surface area (TPSA) is 95.9 Å². The predicted octanol–water partition coefficient (Wildman–Crippen LogP) is 26.4. The summed E-state index contributed by atoms with van der Waals surface area (Å²) in [6.07, 6.45) is 102. The van der Waals surface area contributed by atoms with Crippen LogP contribution in [0.5, 0.6) is 0 Å². The zero-order chi connectivity index (χ0) is 63.5. The Balaban J connectivity index is 3.40. The van der Waals surface area contributed by atoms with Crippen molar-refractivity contribution in [3.05, 3.63) is 48.6 Å². The summed E-state index contributed by atoms with van der Waals surface area (Å²) in [6, 6.07) is -0.628. The number of amides is 1. The second kappa shape index (κ2) is 77.3. The van der Waals surface area contributed by atoms with E-state index >= 15 is 0 Å². The number of unbranched alkanes of at least 4 members (excludes halogenated alkanes) is 58. The average Bonchev–Trinajstić information content (AvgIpc) is 3.55. The zero-order valence-corrected chi connectivity index (χ0v) is 59.5. The average molecular weight is 1240 g/mol. The van der Waals surface area contributed by atoms with E-state index in [0.29, 0.717) is 19.4 Å². The second-order valence-electron chi connectivity index (χ2n) is 27.4. The molecule has 3 N–H and O–H groups in total. The number of carbonyl (C=O) groups excluding carboxylic acids is 2. The Morgan fingerprint density at radius 1 is 0.318 bits per heavy atom. The number of ether oxygens (including phenoxy) is 1. The third kappa shape index (κ3) is 72.9. The standard InChI is InChI=1S/C82H155NO5/c1-3-5-7-9-11-13-15-16-17-18-19-20-21-33-36-39-42-45-48-51-55-58-62-66-70-74-80(85)79(78-84)83-81(86)75-71-67-63-59-56-52-49-46-43-40-37-34-31-29-27-25-23-22-24-26-28-30-32-35-38-41-44-47-50-53-57-61-65-69-73-77-88-82(87)76-72-68-64-60-54-14-12-10-8-6-4-2/h10,12,24,26,30,32,70,74,79-80,84-85H,3-9,11,13-23,25,27-29,31,33-69,71-73,75-78H2,1-2H3,(H,83,86)/b12-10-,26-24-,32-30-,74-70+. The van der Waals surface area contributed by atoms with Crippen molar-refractivity contribution < 1.29 is 24.5 Å². The molecule has 0 rings (SSSR count). The largest absolute Gasteiger partial charge is 0.466 e. The number of allylic oxidation sites excluding steroid dienone is 7. The molecule has 6 heteroatoms. The first-order chi connectivity index (χ1) is 43.5. The van der Waals surface area contributed by atoms with E-state index in [1.807, 2.05) is 6.08 Å². The second-order valence-corrected chi connectivity index (χ2v) is 27.4. The van der Waals surface area contributed by atoms with E-state index < -0.39 is 12.1 Å². The molecule has 2 atom stereocenters. The number of esters is 1. The fraction of sp³-hybridized carbons (Fsp3) is 0.878. The molecule has 0 saturated carbocycles. The van der Waals surface area contributed by atoms with Crippen LogP contribution in [0.25, 0.3) is 0 Å². The van der Waals surface area contributed by atoms with Crippen LogP contribution in [0.2, 0.25) is 0 Å². The van der Waals surface area contributed by atoms with Gasteiger partial charge in [0.15, 0.2) is 0 Å². The minimum atomic E-state index is -0.845. The van der Waals surface area contributed by atoms with E-state index in [1.165, 1.54) is 360 Å². The van der Waals surface area contributed by atoms with Gasteiger partial charge in [-0.25, -0.2) is 0 Å². The fourth-order valence-electron chi connectivity index (χ4n) is 12.5. The lowest BCUT2D eigenvalue weighted by Crippen LogP contribution is -2.45. The van der Waals surface area contributed by atoms with Crippen molar-refractivity contribution in [1.29, 1.82) is 0 Å². The minimum absolute atomic E-state index is 0.00573. The van der Waals surface area contributed by atoms with Crippen molar-refractivity contribution in [3.63, 3.8) is 0 Å². The van der Waals surface area contributed by atoms with Crippen LogP contribution in [-0.4, -0.2) is 47.4 Å². The predicted molar refractivity (Wildman–Crippen MR) is 389 cm³/mol. The zero-order valence-electron chi connectivity index (χ0n) is 59.5. The van der Waals surface area contributed by atoms with Gasteiger partial charge in [-0.3, -0.25) is 9.59 Å². The van der Waals surface area contributed by atoms with Crippen LogP contribution in [0.1, 0.15) is 438 Å². The molecule has 0 aromatic rings. The number of hydrogen-bond donors (Lipinski definition) is 3. The van der Waals surface area contributed by atoms with Crippen molar-refractivity contribution in [3.8, 4) is 0 Å². The van der Waals surface area contributed by atoms with Gasteiger partial charge >= 0.3 is 5.97 Å². The summed E-state index contributed by atoms with van der Waals surface area (Å²) in [5.74, 6) is -0.0551. The van der Waals surface area contributed by atoms with Crippen LogP contribution >= 0.6 is 0 Å². The van der Waals surface area contributed by atoms with E-state index in [2.05, 4.69) is 55.6 Å². The van der Waals surface area contributed by atoms with Gasteiger partial charge in [-0.05, 0) is 83.5 Å². The highest BCUT2D eigenvalue weighted by atomic mass is 16.5. The first-order valence-corrected chi connectivity index (χ1v) is 39.9. The summed E-state index contributed by atoms with van der Waals surface area (Å²) in [7, 11) is 0. The van der Waals surface area contributed by atoms with E-state index in [-0.39, 0.29) is 18.5 Å². The molecular formula is C82H155NO5. The summed E-state index contributed by atoms with van der Waals surface area (Å²) >= 11 is 0. The summed E-state index contributed by atoms with van der Waals surface area (Å²) in [5.41, 5.74) is 0. The van der Waals surface area contributed by atoms with Gasteiger partial charge in [0.2, 0.25) is 5.91 Å². The molecule has 0 aliphatic carbocycles. The summed E-state index contributed by atoms with van der Waals surface area (Å²) in [4.78, 5) is 24.6. The molecule has 0 heterocycles. The highest BCUT2D eigenvalue weighted by Gasteiger charge is 2.18. The third-order valence-corrected chi connectivity index (χ3v) is 18.6. The summed E-state index contributed by atoms with van der Waals surface area (Å²) in [5, 5.41) is 23.3. The number of carbonyl (C=O) groups is 2. The van der Waals surface area contributed by atoms with Gasteiger partial charge < -0.3 is 20.3 Å². The lowest BCUT2D eigenvalue weighted by atomic mass is 10.0. The van der Waals surface area contributed by atoms with Gasteiger partial charge in [-0.2, -0.15) is 0 Å². The van der Waals surface area contributed by atoms with Crippen molar-refractivity contribution in [2.24, 2.45) is 0 Å². The Morgan fingerprint density at radius 3 is 0.909 bits per heavy atom. The maximum atomic E-state index is 12.6. The lowest BCUT2D eigenvalue weighted by Gasteiger charge is -2.20. The van der Waals surface area contributed by atoms with E-state index in [1.54, 1.807) is 6.08 Å². The van der Waals surface area contributed by atoms with Crippen molar-refractivity contribution >= 4 is 11.9 Å². The Morgan fingerprint density at radius 2 is 0.580 bits per heavy atom. The number of nitrogens with one attached hydrogen (secondary N) is 1. The maximum Gasteiger partial charge on any atom is 0.305 e. The van der Waals surface area contributed by atoms with Crippen LogP contribution in [0.15, 0.2) is 48.6 Å². The molecule has 0 spiro atoms. The molecule has 518 valence electrons. The van der Waals surface area contributed by atoms with Crippen LogP contribution in [-0.2, 0) is 14.3 Å². The molecule has 0 saturated heterocycles. The fourth-order valence-corrected chi connectivity index (χ4v) is 12.5. The van der Waals surface area contributed by atoms with E-state index in [4.69, 9.17) is 4.74 Å². The van der Waals surface area contributed by atoms with Crippen molar-refractivity contribution in [1.82, 2.24) is 5.32 Å². The number of aliphatic hydroxyl groups excluding tert-OH is 2. The highest BCUT2D eigenvalue weighted by molar-refractivity contribution is 5.76. The van der Waals surface area contributed by atoms with Gasteiger partial charge in [0.25, 0.3) is 0 Å². The SMILES string of the molecule is CCCC/C=C\CCCCCCCC(=O)OCCCCCCCCCCCCC/C=C\C/C=C\CCCCCCCCCCCCCCCCCCCC(=O)NC(CO)C(O)/C=C/CCCCCCCCCCCCCCCCCCCCCCCCC. The Kier molecular flexibility index (Phi) is 75.4. The molecule has 0 aromatic heterocycles. The van der Waals surface area contributed by atoms with Crippen LogP contribution in [0.3, 0.4) is 0 Å². The smallest absolute Gasteiger partial charge is 0.305 e. The van der Waals surface area contributed by atoms with Crippen LogP contribution in [0.4, 0.5) is 0 Å². The summed E-state index contributed by atoms with van der Waals surface area (Å²) in [6.45, 7) is 4.91. The molecule has 2 unspecified atom stereocenters. The van der Waals surface area contributed by atoms with Gasteiger partial charge in [-0.1, -0.05) is 390 Å². The third-order valence-electron chi connectivity index (χ3n) is 18.6. The first kappa shape index (κ1) is 85.8. The van der Waals surface area contributed by atoms with Crippen LogP contribution < -0.4 is 5.32 Å². The summed E-state index contributed by atoms with van der Waals surface area (Å²) < 4.78 is 5.47. The van der Waals surface area contributed by atoms with E-state index in [0.717, 1.165) is 51.4 Å². The molecule has 0 radical (unpaired) electrons. The Hall–Kier alpha value is -2.18. The van der Waals surface area contributed by atoms with Gasteiger partial charge in [0.1, 0.15) is 0 Å². The molecule has 0 aromatic carbocycles. The quantitative estimate of drug-likeness (QED) is 0.0320. The monoisotopic (exact) mass is 1230 g/mol. The molecule has 88 heavy (non-hydrogen) atoms. The first-order valence-electron chi connectivity index (χ1n) is 39.9. The van der Waals surface area contributed by atoms with Crippen molar-refractivity contribution in [2.75, 3.05) is 13.2 Å². The molecule has 6 nitrogen and oxygen atoms in total. The Labute approximate surface area is 550 Å². The molecule has 0 aliphatic rings. The molecule has 0 bridgehead atoms. The maximum absolute atomic E-state index is 12.6. The molecular weight excluding hydrogens is 1080 g/mol. The lowest BCUT2D eigenvalue weighted by molar-refractivity contribution is -0.143. The Bertz CT molecular complexity index is 1470. The number of hydrogen-bond acceptors (Lipinski definition) is 5. The normalized spacial score (nSPS) is 12.7.